The van der Waals surface area contributed by atoms with Crippen molar-refractivity contribution >= 4 is 11.7 Å². The van der Waals surface area contributed by atoms with Crippen molar-refractivity contribution in [3.8, 4) is 5.75 Å². The second kappa shape index (κ2) is 8.46. The lowest BCUT2D eigenvalue weighted by atomic mass is 10.2. The van der Waals surface area contributed by atoms with Gasteiger partial charge in [0.25, 0.3) is 0 Å². The highest BCUT2D eigenvalue weighted by molar-refractivity contribution is 5.68. The highest BCUT2D eigenvalue weighted by Crippen LogP contribution is 2.29. The lowest BCUT2D eigenvalue weighted by molar-refractivity contribution is -0.136. The van der Waals surface area contributed by atoms with Crippen LogP contribution in [-0.4, -0.2) is 30.3 Å². The molecular formula is C16H25NO3. The van der Waals surface area contributed by atoms with E-state index >= 15 is 0 Å². The molecule has 1 aromatic rings. The Balaban J connectivity index is 2.89. The summed E-state index contributed by atoms with van der Waals surface area (Å²) in [5.74, 6) is 0.0535. The number of ether oxygens (including phenoxy) is 1. The normalized spacial score (nSPS) is 10.6. The minimum Gasteiger partial charge on any atom is -0.489 e. The number of anilines is 1. The molecule has 20 heavy (non-hydrogen) atoms. The number of aliphatic carboxylic acids is 1. The molecule has 0 saturated heterocycles. The number of carboxylic acids is 1. The number of carbonyl (C=O) groups is 1. The second-order valence-corrected chi connectivity index (χ2v) is 5.12. The zero-order valence-corrected chi connectivity index (χ0v) is 12.6. The maximum absolute atomic E-state index is 10.8. The van der Waals surface area contributed by atoms with E-state index in [0.717, 1.165) is 30.8 Å². The number of nitrogens with zero attached hydrogens (tertiary/aromatic N) is 1. The number of hydrogen-bond acceptors (Lipinski definition) is 3. The molecule has 0 heterocycles. The van der Waals surface area contributed by atoms with Crippen LogP contribution in [0.25, 0.3) is 0 Å². The largest absolute Gasteiger partial charge is 0.489 e. The van der Waals surface area contributed by atoms with E-state index in [-0.39, 0.29) is 12.5 Å². The van der Waals surface area contributed by atoms with Crippen molar-refractivity contribution in [3.63, 3.8) is 0 Å². The molecule has 0 unspecified atom stereocenters. The Hall–Kier alpha value is -1.71. The predicted octanol–water partition coefficient (Wildman–Crippen LogP) is 3.56. The fourth-order valence-corrected chi connectivity index (χ4v) is 2.00. The first kappa shape index (κ1) is 16.3. The smallest absolute Gasteiger partial charge is 0.305 e. The third kappa shape index (κ3) is 5.51. The van der Waals surface area contributed by atoms with Gasteiger partial charge in [-0.05, 0) is 32.4 Å². The van der Waals surface area contributed by atoms with Gasteiger partial charge in [-0.2, -0.15) is 0 Å². The summed E-state index contributed by atoms with van der Waals surface area (Å²) in [6, 6.07) is 7.84. The molecule has 0 radical (unpaired) electrons. The van der Waals surface area contributed by atoms with E-state index in [1.165, 1.54) is 0 Å². The maximum Gasteiger partial charge on any atom is 0.305 e. The molecule has 4 nitrogen and oxygen atoms in total. The second-order valence-electron chi connectivity index (χ2n) is 5.12. The summed E-state index contributed by atoms with van der Waals surface area (Å²) in [6.07, 6.45) is 2.36. The van der Waals surface area contributed by atoms with Gasteiger partial charge in [-0.25, -0.2) is 0 Å². The Bertz CT molecular complexity index is 418. The number of carboxylic acid groups (broad SMARTS) is 1. The van der Waals surface area contributed by atoms with Gasteiger partial charge in [-0.15, -0.1) is 0 Å². The van der Waals surface area contributed by atoms with Crippen LogP contribution in [0.3, 0.4) is 0 Å². The molecule has 0 aromatic heterocycles. The molecule has 0 saturated carbocycles. The van der Waals surface area contributed by atoms with Crippen LogP contribution in [0.5, 0.6) is 5.75 Å². The van der Waals surface area contributed by atoms with Gasteiger partial charge >= 0.3 is 5.97 Å². The van der Waals surface area contributed by atoms with Crippen LogP contribution in [0.15, 0.2) is 24.3 Å². The number of hydrogen-bond donors (Lipinski definition) is 1. The Morgan fingerprint density at radius 2 is 2.00 bits per heavy atom. The van der Waals surface area contributed by atoms with Crippen molar-refractivity contribution in [3.05, 3.63) is 24.3 Å². The Morgan fingerprint density at radius 3 is 2.60 bits per heavy atom. The molecule has 0 fully saturated rings. The monoisotopic (exact) mass is 279 g/mol. The number of benzene rings is 1. The molecule has 4 heteroatoms. The van der Waals surface area contributed by atoms with Crippen molar-refractivity contribution < 1.29 is 14.6 Å². The van der Waals surface area contributed by atoms with Crippen LogP contribution in [0, 0.1) is 0 Å². The van der Waals surface area contributed by atoms with E-state index < -0.39 is 5.97 Å². The van der Waals surface area contributed by atoms with E-state index in [4.69, 9.17) is 9.84 Å². The van der Waals surface area contributed by atoms with Gasteiger partial charge in [0, 0.05) is 13.1 Å². The van der Waals surface area contributed by atoms with E-state index in [2.05, 4.69) is 11.8 Å². The van der Waals surface area contributed by atoms with Gasteiger partial charge in [0.05, 0.1) is 18.2 Å². The minimum atomic E-state index is -0.770. The third-order valence-electron chi connectivity index (χ3n) is 2.95. The first-order chi connectivity index (χ1) is 9.54. The zero-order valence-electron chi connectivity index (χ0n) is 12.6. The van der Waals surface area contributed by atoms with Crippen molar-refractivity contribution in [2.45, 2.75) is 46.1 Å². The quantitative estimate of drug-likeness (QED) is 0.751. The number of rotatable bonds is 9. The zero-order chi connectivity index (χ0) is 15.0. The van der Waals surface area contributed by atoms with E-state index in [1.54, 1.807) is 0 Å². The first-order valence-electron chi connectivity index (χ1n) is 7.27. The number of unbranched alkanes of at least 4 members (excludes halogenated alkanes) is 1. The predicted molar refractivity (Wildman–Crippen MR) is 81.6 cm³/mol. The standard InChI is InChI=1S/C16H25NO3/c1-4-5-11-17(12-10-16(18)19)14-8-6-7-9-15(14)20-13(2)3/h6-9,13H,4-5,10-12H2,1-3H3,(H,18,19). The Morgan fingerprint density at radius 1 is 1.30 bits per heavy atom. The SMILES string of the molecule is CCCCN(CCC(=O)O)c1ccccc1OC(C)C. The summed E-state index contributed by atoms with van der Waals surface area (Å²) in [5.41, 5.74) is 0.982. The van der Waals surface area contributed by atoms with Gasteiger partial charge in [-0.1, -0.05) is 25.5 Å². The molecule has 0 aliphatic heterocycles. The third-order valence-corrected chi connectivity index (χ3v) is 2.95. The molecule has 0 amide bonds. The summed E-state index contributed by atoms with van der Waals surface area (Å²) in [7, 11) is 0. The summed E-state index contributed by atoms with van der Waals surface area (Å²) in [4.78, 5) is 12.9. The van der Waals surface area contributed by atoms with Crippen molar-refractivity contribution in [1.82, 2.24) is 0 Å². The van der Waals surface area contributed by atoms with Crippen molar-refractivity contribution in [2.24, 2.45) is 0 Å². The molecule has 1 aromatic carbocycles. The van der Waals surface area contributed by atoms with Crippen LogP contribution in [0.1, 0.15) is 40.0 Å². The average Bonchev–Trinajstić information content (AvgIpc) is 2.39. The van der Waals surface area contributed by atoms with Gasteiger partial charge in [-0.3, -0.25) is 4.79 Å². The summed E-state index contributed by atoms with van der Waals surface area (Å²) >= 11 is 0. The highest BCUT2D eigenvalue weighted by Gasteiger charge is 2.13. The Labute approximate surface area is 121 Å². The van der Waals surface area contributed by atoms with E-state index in [9.17, 15) is 4.79 Å². The lowest BCUT2D eigenvalue weighted by Gasteiger charge is -2.27. The molecule has 0 spiro atoms. The summed E-state index contributed by atoms with van der Waals surface area (Å²) in [6.45, 7) is 7.47. The summed E-state index contributed by atoms with van der Waals surface area (Å²) < 4.78 is 5.82. The average molecular weight is 279 g/mol. The van der Waals surface area contributed by atoms with Crippen LogP contribution < -0.4 is 9.64 Å². The minimum absolute atomic E-state index is 0.101. The molecule has 1 rings (SSSR count). The fraction of sp³-hybridized carbons (Fsp3) is 0.562. The van der Waals surface area contributed by atoms with Crippen LogP contribution in [0.4, 0.5) is 5.69 Å². The molecule has 0 bridgehead atoms. The van der Waals surface area contributed by atoms with Crippen LogP contribution in [-0.2, 0) is 4.79 Å². The summed E-state index contributed by atoms with van der Waals surface area (Å²) in [5, 5.41) is 8.89. The number of para-hydroxylation sites is 2. The topological polar surface area (TPSA) is 49.8 Å². The van der Waals surface area contributed by atoms with E-state index in [0.29, 0.717) is 6.54 Å². The van der Waals surface area contributed by atoms with Gasteiger partial charge < -0.3 is 14.7 Å². The lowest BCUT2D eigenvalue weighted by Crippen LogP contribution is -2.28. The van der Waals surface area contributed by atoms with Gasteiger partial charge in [0.15, 0.2) is 0 Å². The first-order valence-corrected chi connectivity index (χ1v) is 7.27. The molecule has 1 N–H and O–H groups in total. The van der Waals surface area contributed by atoms with Gasteiger partial charge in [0.1, 0.15) is 5.75 Å². The highest BCUT2D eigenvalue weighted by atomic mass is 16.5. The van der Waals surface area contributed by atoms with Crippen molar-refractivity contribution in [2.75, 3.05) is 18.0 Å². The Kier molecular flexibility index (Phi) is 6.91. The van der Waals surface area contributed by atoms with Crippen LogP contribution >= 0.6 is 0 Å². The fourth-order valence-electron chi connectivity index (χ4n) is 2.00. The molecule has 0 aliphatic carbocycles. The molecule has 112 valence electrons. The maximum atomic E-state index is 10.8. The molecular weight excluding hydrogens is 254 g/mol. The van der Waals surface area contributed by atoms with Crippen molar-refractivity contribution in [1.29, 1.82) is 0 Å². The van der Waals surface area contributed by atoms with Gasteiger partial charge in [0.2, 0.25) is 0 Å². The van der Waals surface area contributed by atoms with Crippen LogP contribution in [0.2, 0.25) is 0 Å². The molecule has 0 atom stereocenters. The van der Waals surface area contributed by atoms with E-state index in [1.807, 2.05) is 38.1 Å². The molecule has 0 aliphatic rings.